The molecular weight excluding hydrogens is 284 g/mol. The molecule has 0 atom stereocenters. The maximum absolute atomic E-state index is 12.2. The monoisotopic (exact) mass is 296 g/mol. The summed E-state index contributed by atoms with van der Waals surface area (Å²) in [6.07, 6.45) is 0. The molecule has 0 radical (unpaired) electrons. The molecule has 2 aromatic rings. The Labute approximate surface area is 117 Å². The van der Waals surface area contributed by atoms with Gasteiger partial charge in [-0.25, -0.2) is 13.4 Å². The lowest BCUT2D eigenvalue weighted by Crippen LogP contribution is -2.14. The Morgan fingerprint density at radius 2 is 1.68 bits per heavy atom. The fraction of sp³-hybridized carbons (Fsp3) is 0.154. The number of hydrogen-bond donors (Lipinski definition) is 1. The van der Waals surface area contributed by atoms with Gasteiger partial charge in [-0.2, -0.15) is 0 Å². The summed E-state index contributed by atoms with van der Waals surface area (Å²) < 4.78 is 26.9. The lowest BCUT2D eigenvalue weighted by Gasteiger charge is -2.10. The van der Waals surface area contributed by atoms with E-state index in [1.54, 1.807) is 43.3 Å². The van der Waals surface area contributed by atoms with Gasteiger partial charge in [-0.15, -0.1) is 0 Å². The summed E-state index contributed by atoms with van der Waals surface area (Å²) >= 11 is 5.73. The van der Waals surface area contributed by atoms with Gasteiger partial charge in [-0.05, 0) is 38.1 Å². The molecule has 100 valence electrons. The SMILES string of the molecule is Cc1ccc(S(=O)(=O)Nc2ccc(Cl)nc2C)cc1. The first kappa shape index (κ1) is 13.8. The van der Waals surface area contributed by atoms with Crippen molar-refractivity contribution in [1.82, 2.24) is 4.98 Å². The third-order valence-electron chi connectivity index (χ3n) is 2.63. The van der Waals surface area contributed by atoms with Gasteiger partial charge in [0.05, 0.1) is 16.3 Å². The third kappa shape index (κ3) is 3.24. The second kappa shape index (κ2) is 5.19. The number of aromatic nitrogens is 1. The van der Waals surface area contributed by atoms with Crippen LogP contribution >= 0.6 is 11.6 Å². The number of hydrogen-bond acceptors (Lipinski definition) is 3. The number of benzene rings is 1. The van der Waals surface area contributed by atoms with E-state index in [4.69, 9.17) is 11.6 Å². The molecule has 0 unspecified atom stereocenters. The molecule has 0 fully saturated rings. The summed E-state index contributed by atoms with van der Waals surface area (Å²) in [4.78, 5) is 4.22. The second-order valence-electron chi connectivity index (χ2n) is 4.19. The number of halogens is 1. The fourth-order valence-electron chi connectivity index (χ4n) is 1.56. The van der Waals surface area contributed by atoms with Crippen LogP contribution in [0.5, 0.6) is 0 Å². The zero-order valence-electron chi connectivity index (χ0n) is 10.5. The molecule has 1 N–H and O–H groups in total. The van der Waals surface area contributed by atoms with E-state index < -0.39 is 10.0 Å². The highest BCUT2D eigenvalue weighted by atomic mass is 35.5. The van der Waals surface area contributed by atoms with Crippen LogP contribution in [0.15, 0.2) is 41.3 Å². The normalized spacial score (nSPS) is 11.3. The summed E-state index contributed by atoms with van der Waals surface area (Å²) in [7, 11) is -3.60. The van der Waals surface area contributed by atoms with Gasteiger partial charge in [-0.3, -0.25) is 4.72 Å². The zero-order valence-corrected chi connectivity index (χ0v) is 12.1. The number of pyridine rings is 1. The predicted octanol–water partition coefficient (Wildman–Crippen LogP) is 3.15. The van der Waals surface area contributed by atoms with E-state index >= 15 is 0 Å². The van der Waals surface area contributed by atoms with Gasteiger partial charge < -0.3 is 0 Å². The average Bonchev–Trinajstić information content (AvgIpc) is 2.33. The van der Waals surface area contributed by atoms with Crippen molar-refractivity contribution in [3.05, 3.63) is 52.8 Å². The Kier molecular flexibility index (Phi) is 3.78. The summed E-state index contributed by atoms with van der Waals surface area (Å²) in [6.45, 7) is 3.59. The molecule has 1 heterocycles. The number of nitrogens with zero attached hydrogens (tertiary/aromatic N) is 1. The van der Waals surface area contributed by atoms with Gasteiger partial charge in [0, 0.05) is 0 Å². The first-order chi connectivity index (χ1) is 8.88. The number of nitrogens with one attached hydrogen (secondary N) is 1. The van der Waals surface area contributed by atoms with E-state index in [1.165, 1.54) is 0 Å². The van der Waals surface area contributed by atoms with Crippen molar-refractivity contribution in [3.63, 3.8) is 0 Å². The van der Waals surface area contributed by atoms with E-state index in [0.29, 0.717) is 16.5 Å². The molecule has 0 saturated heterocycles. The van der Waals surface area contributed by atoms with E-state index in [9.17, 15) is 8.42 Å². The Morgan fingerprint density at radius 1 is 1.05 bits per heavy atom. The Morgan fingerprint density at radius 3 is 2.26 bits per heavy atom. The molecule has 0 aliphatic carbocycles. The molecule has 2 rings (SSSR count). The summed E-state index contributed by atoms with van der Waals surface area (Å²) in [5.74, 6) is 0. The van der Waals surface area contributed by atoms with Crippen molar-refractivity contribution >= 4 is 27.3 Å². The molecule has 6 heteroatoms. The molecule has 1 aromatic carbocycles. The maximum atomic E-state index is 12.2. The first-order valence-electron chi connectivity index (χ1n) is 5.61. The molecule has 0 spiro atoms. The molecule has 1 aromatic heterocycles. The highest BCUT2D eigenvalue weighted by molar-refractivity contribution is 7.92. The van der Waals surface area contributed by atoms with Crippen LogP contribution in [0, 0.1) is 13.8 Å². The Balaban J connectivity index is 2.33. The Bertz CT molecular complexity index is 697. The minimum absolute atomic E-state index is 0.215. The van der Waals surface area contributed by atoms with Gasteiger partial charge >= 0.3 is 0 Å². The van der Waals surface area contributed by atoms with Crippen LogP contribution in [-0.2, 0) is 10.0 Å². The minimum Gasteiger partial charge on any atom is -0.278 e. The van der Waals surface area contributed by atoms with Crippen LogP contribution in [0.3, 0.4) is 0 Å². The van der Waals surface area contributed by atoms with Crippen molar-refractivity contribution in [2.45, 2.75) is 18.7 Å². The van der Waals surface area contributed by atoms with E-state index in [0.717, 1.165) is 5.56 Å². The molecule has 0 aliphatic heterocycles. The highest BCUT2D eigenvalue weighted by Gasteiger charge is 2.15. The van der Waals surface area contributed by atoms with E-state index in [1.807, 2.05) is 6.92 Å². The van der Waals surface area contributed by atoms with Crippen molar-refractivity contribution in [2.24, 2.45) is 0 Å². The first-order valence-corrected chi connectivity index (χ1v) is 7.47. The average molecular weight is 297 g/mol. The van der Waals surface area contributed by atoms with Gasteiger partial charge in [0.25, 0.3) is 10.0 Å². The molecule has 0 amide bonds. The lowest BCUT2D eigenvalue weighted by molar-refractivity contribution is 0.601. The quantitative estimate of drug-likeness (QED) is 0.885. The van der Waals surface area contributed by atoms with Crippen molar-refractivity contribution in [1.29, 1.82) is 0 Å². The number of aryl methyl sites for hydroxylation is 2. The summed E-state index contributed by atoms with van der Waals surface area (Å²) in [5, 5.41) is 0.329. The number of sulfonamides is 1. The molecule has 0 aliphatic rings. The second-order valence-corrected chi connectivity index (χ2v) is 6.26. The van der Waals surface area contributed by atoms with Crippen molar-refractivity contribution in [2.75, 3.05) is 4.72 Å². The molecular formula is C13H13ClN2O2S. The maximum Gasteiger partial charge on any atom is 0.261 e. The van der Waals surface area contributed by atoms with Crippen LogP contribution in [0.1, 0.15) is 11.3 Å². The van der Waals surface area contributed by atoms with Crippen LogP contribution in [0.2, 0.25) is 5.15 Å². The largest absolute Gasteiger partial charge is 0.278 e. The topological polar surface area (TPSA) is 59.1 Å². The highest BCUT2D eigenvalue weighted by Crippen LogP contribution is 2.20. The van der Waals surface area contributed by atoms with Crippen LogP contribution < -0.4 is 4.72 Å². The van der Waals surface area contributed by atoms with Gasteiger partial charge in [0.15, 0.2) is 0 Å². The van der Waals surface area contributed by atoms with Gasteiger partial charge in [-0.1, -0.05) is 29.3 Å². The fourth-order valence-corrected chi connectivity index (χ4v) is 2.87. The molecule has 19 heavy (non-hydrogen) atoms. The minimum atomic E-state index is -3.60. The summed E-state index contributed by atoms with van der Waals surface area (Å²) in [5.41, 5.74) is 1.96. The van der Waals surface area contributed by atoms with E-state index in [-0.39, 0.29) is 4.90 Å². The van der Waals surface area contributed by atoms with Gasteiger partial charge in [0.2, 0.25) is 0 Å². The van der Waals surface area contributed by atoms with Crippen LogP contribution in [-0.4, -0.2) is 13.4 Å². The van der Waals surface area contributed by atoms with E-state index in [2.05, 4.69) is 9.71 Å². The lowest BCUT2D eigenvalue weighted by atomic mass is 10.2. The summed E-state index contributed by atoms with van der Waals surface area (Å²) in [6, 6.07) is 9.77. The van der Waals surface area contributed by atoms with Crippen LogP contribution in [0.25, 0.3) is 0 Å². The zero-order chi connectivity index (χ0) is 14.0. The number of anilines is 1. The van der Waals surface area contributed by atoms with Crippen molar-refractivity contribution in [3.8, 4) is 0 Å². The predicted molar refractivity (Wildman–Crippen MR) is 76.0 cm³/mol. The third-order valence-corrected chi connectivity index (χ3v) is 4.22. The smallest absolute Gasteiger partial charge is 0.261 e. The van der Waals surface area contributed by atoms with Crippen molar-refractivity contribution < 1.29 is 8.42 Å². The molecule has 0 bridgehead atoms. The molecule has 4 nitrogen and oxygen atoms in total. The van der Waals surface area contributed by atoms with Gasteiger partial charge in [0.1, 0.15) is 5.15 Å². The van der Waals surface area contributed by atoms with Crippen LogP contribution in [0.4, 0.5) is 5.69 Å². The Hall–Kier alpha value is -1.59. The number of rotatable bonds is 3. The molecule has 0 saturated carbocycles. The standard InChI is InChI=1S/C13H13ClN2O2S/c1-9-3-5-11(6-4-9)19(17,18)16-12-7-8-13(14)15-10(12)2/h3-8,16H,1-2H3.